The predicted molar refractivity (Wildman–Crippen MR) is 126 cm³/mol. The van der Waals surface area contributed by atoms with Crippen LogP contribution < -0.4 is 10.1 Å². The second-order valence-electron chi connectivity index (χ2n) is 8.28. The molecule has 0 aliphatic carbocycles. The van der Waals surface area contributed by atoms with Crippen LogP contribution in [-0.4, -0.2) is 49.8 Å². The number of fused-ring (bicyclic) bond motifs is 1. The standard InChI is InChI=1S/C24H31N3O4S/c1-4-30-23-14-18(7-6-17(23)3)16-27-12-10-19(11-13-27)25-24-26-21-15-20(32(28,29)5-2)8-9-22(21)31-24/h6-9,14-15,19H,4-5,10-13,16H2,1-3H3,(H,25,26). The molecule has 8 heteroatoms. The minimum atomic E-state index is -3.26. The number of sulfone groups is 1. The van der Waals surface area contributed by atoms with E-state index < -0.39 is 9.84 Å². The molecule has 2 heterocycles. The third-order valence-corrected chi connectivity index (χ3v) is 7.70. The topological polar surface area (TPSA) is 84.7 Å². The monoisotopic (exact) mass is 457 g/mol. The van der Waals surface area contributed by atoms with Crippen LogP contribution in [0.2, 0.25) is 0 Å². The van der Waals surface area contributed by atoms with Crippen molar-refractivity contribution >= 4 is 27.0 Å². The van der Waals surface area contributed by atoms with E-state index in [1.165, 1.54) is 5.56 Å². The molecule has 2 aromatic carbocycles. The molecule has 1 aliphatic rings. The summed E-state index contributed by atoms with van der Waals surface area (Å²) in [5, 5.41) is 3.39. The molecular weight excluding hydrogens is 426 g/mol. The first-order chi connectivity index (χ1) is 15.4. The van der Waals surface area contributed by atoms with Crippen molar-refractivity contribution in [3.8, 4) is 5.75 Å². The number of hydrogen-bond acceptors (Lipinski definition) is 7. The lowest BCUT2D eigenvalue weighted by atomic mass is 10.0. The van der Waals surface area contributed by atoms with E-state index in [1.807, 2.05) is 6.92 Å². The first-order valence-corrected chi connectivity index (χ1v) is 12.9. The summed E-state index contributed by atoms with van der Waals surface area (Å²) < 4.78 is 35.7. The fourth-order valence-electron chi connectivity index (χ4n) is 4.05. The Morgan fingerprint density at radius 2 is 1.94 bits per heavy atom. The van der Waals surface area contributed by atoms with Crippen LogP contribution in [0.1, 0.15) is 37.8 Å². The van der Waals surface area contributed by atoms with E-state index in [9.17, 15) is 8.42 Å². The third-order valence-electron chi connectivity index (χ3n) is 5.97. The predicted octanol–water partition coefficient (Wildman–Crippen LogP) is 4.41. The fourth-order valence-corrected chi connectivity index (χ4v) is 4.95. The Labute approximate surface area is 189 Å². The summed E-state index contributed by atoms with van der Waals surface area (Å²) in [4.78, 5) is 7.20. The molecule has 1 aromatic heterocycles. The minimum absolute atomic E-state index is 0.0650. The zero-order chi connectivity index (χ0) is 22.7. The maximum absolute atomic E-state index is 12.1. The molecule has 1 saturated heterocycles. The molecule has 0 amide bonds. The van der Waals surface area contributed by atoms with E-state index in [0.717, 1.165) is 43.8 Å². The number of nitrogens with one attached hydrogen (secondary N) is 1. The quantitative estimate of drug-likeness (QED) is 0.536. The van der Waals surface area contributed by atoms with Gasteiger partial charge in [-0.05, 0) is 62.1 Å². The number of likely N-dealkylation sites (tertiary alicyclic amines) is 1. The highest BCUT2D eigenvalue weighted by molar-refractivity contribution is 7.91. The molecule has 3 aromatic rings. The molecule has 0 saturated carbocycles. The maximum atomic E-state index is 12.1. The van der Waals surface area contributed by atoms with Crippen LogP contribution in [0.3, 0.4) is 0 Å². The van der Waals surface area contributed by atoms with Crippen molar-refractivity contribution in [1.29, 1.82) is 0 Å². The molecule has 1 N–H and O–H groups in total. The summed E-state index contributed by atoms with van der Waals surface area (Å²) in [6, 6.07) is 12.0. The van der Waals surface area contributed by atoms with E-state index in [1.54, 1.807) is 25.1 Å². The molecule has 0 unspecified atom stereocenters. The van der Waals surface area contributed by atoms with Crippen molar-refractivity contribution in [2.24, 2.45) is 0 Å². The summed E-state index contributed by atoms with van der Waals surface area (Å²) in [5.74, 6) is 1.03. The number of hydrogen-bond donors (Lipinski definition) is 1. The highest BCUT2D eigenvalue weighted by Gasteiger charge is 2.21. The largest absolute Gasteiger partial charge is 0.494 e. The molecule has 1 aliphatic heterocycles. The summed E-state index contributed by atoms with van der Waals surface area (Å²) in [6.45, 7) is 9.26. The van der Waals surface area contributed by atoms with Gasteiger partial charge in [-0.2, -0.15) is 4.98 Å². The van der Waals surface area contributed by atoms with Crippen molar-refractivity contribution in [1.82, 2.24) is 9.88 Å². The number of aromatic nitrogens is 1. The second-order valence-corrected chi connectivity index (χ2v) is 10.6. The van der Waals surface area contributed by atoms with E-state index in [0.29, 0.717) is 23.7 Å². The van der Waals surface area contributed by atoms with Crippen LogP contribution in [0.15, 0.2) is 45.7 Å². The van der Waals surface area contributed by atoms with Crippen molar-refractivity contribution in [2.75, 3.05) is 30.8 Å². The molecule has 0 bridgehead atoms. The first-order valence-electron chi connectivity index (χ1n) is 11.2. The Bertz CT molecular complexity index is 1180. The SMILES string of the molecule is CCOc1cc(CN2CCC(Nc3nc4cc(S(=O)(=O)CC)ccc4o3)CC2)ccc1C. The van der Waals surface area contributed by atoms with Crippen molar-refractivity contribution in [3.63, 3.8) is 0 Å². The zero-order valence-electron chi connectivity index (χ0n) is 18.9. The van der Waals surface area contributed by atoms with Crippen LogP contribution in [0.25, 0.3) is 11.1 Å². The molecular formula is C24H31N3O4S. The van der Waals surface area contributed by atoms with Gasteiger partial charge in [0.25, 0.3) is 6.01 Å². The number of oxazole rings is 1. The third kappa shape index (κ3) is 5.07. The second kappa shape index (κ2) is 9.50. The summed E-state index contributed by atoms with van der Waals surface area (Å²) in [5.41, 5.74) is 3.58. The average Bonchev–Trinajstić information content (AvgIpc) is 3.19. The van der Waals surface area contributed by atoms with Gasteiger partial charge in [-0.25, -0.2) is 8.42 Å². The molecule has 0 atom stereocenters. The highest BCUT2D eigenvalue weighted by atomic mass is 32.2. The summed E-state index contributed by atoms with van der Waals surface area (Å²) >= 11 is 0. The Hall–Kier alpha value is -2.58. The number of nitrogens with zero attached hydrogens (tertiary/aromatic N) is 2. The van der Waals surface area contributed by atoms with Gasteiger partial charge in [-0.1, -0.05) is 19.1 Å². The number of anilines is 1. The van der Waals surface area contributed by atoms with Gasteiger partial charge < -0.3 is 14.5 Å². The maximum Gasteiger partial charge on any atom is 0.295 e. The Morgan fingerprint density at radius 3 is 2.66 bits per heavy atom. The van der Waals surface area contributed by atoms with Gasteiger partial charge in [0.2, 0.25) is 0 Å². The number of piperidine rings is 1. The molecule has 1 fully saturated rings. The van der Waals surface area contributed by atoms with Gasteiger partial charge in [0.05, 0.1) is 17.3 Å². The van der Waals surface area contributed by atoms with Crippen LogP contribution in [0.4, 0.5) is 6.01 Å². The fraction of sp³-hybridized carbons (Fsp3) is 0.458. The van der Waals surface area contributed by atoms with Gasteiger partial charge in [0, 0.05) is 25.7 Å². The molecule has 0 spiro atoms. The molecule has 7 nitrogen and oxygen atoms in total. The van der Waals surface area contributed by atoms with Crippen LogP contribution in [0, 0.1) is 6.92 Å². The van der Waals surface area contributed by atoms with E-state index in [4.69, 9.17) is 9.15 Å². The van der Waals surface area contributed by atoms with Crippen LogP contribution >= 0.6 is 0 Å². The molecule has 32 heavy (non-hydrogen) atoms. The summed E-state index contributed by atoms with van der Waals surface area (Å²) in [6.07, 6.45) is 1.97. The zero-order valence-corrected chi connectivity index (χ0v) is 19.7. The number of benzene rings is 2. The Kier molecular flexibility index (Phi) is 6.71. The van der Waals surface area contributed by atoms with E-state index >= 15 is 0 Å². The van der Waals surface area contributed by atoms with Gasteiger partial charge in [0.15, 0.2) is 15.4 Å². The van der Waals surface area contributed by atoms with E-state index in [2.05, 4.69) is 40.3 Å². The lowest BCUT2D eigenvalue weighted by Gasteiger charge is -2.32. The Balaban J connectivity index is 1.35. The van der Waals surface area contributed by atoms with Crippen molar-refractivity contribution < 1.29 is 17.6 Å². The Morgan fingerprint density at radius 1 is 1.16 bits per heavy atom. The molecule has 4 rings (SSSR count). The van der Waals surface area contributed by atoms with Gasteiger partial charge in [-0.15, -0.1) is 0 Å². The van der Waals surface area contributed by atoms with Crippen molar-refractivity contribution in [3.05, 3.63) is 47.5 Å². The van der Waals surface area contributed by atoms with Gasteiger partial charge in [0.1, 0.15) is 11.3 Å². The van der Waals surface area contributed by atoms with E-state index in [-0.39, 0.29) is 16.7 Å². The number of ether oxygens (including phenoxy) is 1. The van der Waals surface area contributed by atoms with Crippen LogP contribution in [-0.2, 0) is 16.4 Å². The van der Waals surface area contributed by atoms with Crippen molar-refractivity contribution in [2.45, 2.75) is 51.1 Å². The first kappa shape index (κ1) is 22.6. The lowest BCUT2D eigenvalue weighted by Crippen LogP contribution is -2.38. The average molecular weight is 458 g/mol. The molecule has 0 radical (unpaired) electrons. The van der Waals surface area contributed by atoms with Gasteiger partial charge >= 0.3 is 0 Å². The molecule has 172 valence electrons. The highest BCUT2D eigenvalue weighted by Crippen LogP contribution is 2.26. The minimum Gasteiger partial charge on any atom is -0.494 e. The smallest absolute Gasteiger partial charge is 0.295 e. The van der Waals surface area contributed by atoms with Gasteiger partial charge in [-0.3, -0.25) is 4.90 Å². The normalized spacial score (nSPS) is 15.8. The number of aryl methyl sites for hydroxylation is 1. The number of rotatable bonds is 8. The lowest BCUT2D eigenvalue weighted by molar-refractivity contribution is 0.210. The van der Waals surface area contributed by atoms with Crippen LogP contribution in [0.5, 0.6) is 5.75 Å². The summed E-state index contributed by atoms with van der Waals surface area (Å²) in [7, 11) is -3.26.